The second kappa shape index (κ2) is 11.4. The van der Waals surface area contributed by atoms with Crippen LogP contribution in [0.5, 0.6) is 5.75 Å². The molecule has 0 aliphatic heterocycles. The van der Waals surface area contributed by atoms with Crippen LogP contribution in [0.1, 0.15) is 46.0 Å². The first-order valence-corrected chi connectivity index (χ1v) is 8.26. The van der Waals surface area contributed by atoms with Gasteiger partial charge in [0.05, 0.1) is 13.7 Å². The second-order valence-electron chi connectivity index (χ2n) is 5.19. The van der Waals surface area contributed by atoms with Gasteiger partial charge >= 0.3 is 5.97 Å². The molecule has 0 saturated heterocycles. The fraction of sp³-hybridized carbons (Fsp3) is 0.526. The van der Waals surface area contributed by atoms with Crippen molar-refractivity contribution in [2.45, 2.75) is 52.0 Å². The number of nitrogens with one attached hydrogen (secondary N) is 1. The lowest BCUT2D eigenvalue weighted by molar-refractivity contribution is -0.142. The van der Waals surface area contributed by atoms with E-state index < -0.39 is 6.04 Å². The van der Waals surface area contributed by atoms with Crippen LogP contribution in [0.4, 0.5) is 5.69 Å². The molecule has 0 spiro atoms. The Balaban J connectivity index is 2.64. The van der Waals surface area contributed by atoms with Crippen LogP contribution in [-0.4, -0.2) is 25.7 Å². The van der Waals surface area contributed by atoms with E-state index in [2.05, 4.69) is 24.1 Å². The Morgan fingerprint density at radius 2 is 1.91 bits per heavy atom. The zero-order valence-electron chi connectivity index (χ0n) is 14.4. The molecule has 126 valence electrons. The zero-order valence-corrected chi connectivity index (χ0v) is 14.4. The van der Waals surface area contributed by atoms with Crippen LogP contribution in [-0.2, 0) is 9.53 Å². The van der Waals surface area contributed by atoms with Gasteiger partial charge in [-0.2, -0.15) is 0 Å². The average molecular weight is 317 g/mol. The lowest BCUT2D eigenvalue weighted by Crippen LogP contribution is -2.30. The predicted molar refractivity (Wildman–Crippen MR) is 93.6 cm³/mol. The van der Waals surface area contributed by atoms with Crippen molar-refractivity contribution in [1.29, 1.82) is 0 Å². The monoisotopic (exact) mass is 317 g/mol. The topological polar surface area (TPSA) is 47.6 Å². The van der Waals surface area contributed by atoms with Crippen molar-refractivity contribution in [3.8, 4) is 17.6 Å². The molecular weight excluding hydrogens is 290 g/mol. The number of unbranched alkanes of at least 4 members (excludes halogenated alkanes) is 4. The highest BCUT2D eigenvalue weighted by Crippen LogP contribution is 2.16. The molecule has 0 aromatic heterocycles. The Hall–Kier alpha value is -2.15. The van der Waals surface area contributed by atoms with Crippen molar-refractivity contribution in [2.75, 3.05) is 19.0 Å². The Morgan fingerprint density at radius 1 is 1.17 bits per heavy atom. The van der Waals surface area contributed by atoms with Gasteiger partial charge in [0.25, 0.3) is 0 Å². The van der Waals surface area contributed by atoms with Crippen LogP contribution < -0.4 is 10.1 Å². The molecule has 0 amide bonds. The van der Waals surface area contributed by atoms with Crippen molar-refractivity contribution >= 4 is 11.7 Å². The third kappa shape index (κ3) is 7.60. The van der Waals surface area contributed by atoms with Crippen LogP contribution in [0, 0.1) is 11.8 Å². The summed E-state index contributed by atoms with van der Waals surface area (Å²) >= 11 is 0. The molecule has 0 aliphatic carbocycles. The van der Waals surface area contributed by atoms with Gasteiger partial charge in [-0.05, 0) is 37.6 Å². The maximum atomic E-state index is 12.0. The van der Waals surface area contributed by atoms with Crippen LogP contribution in [0.2, 0.25) is 0 Å². The lowest BCUT2D eigenvalue weighted by atomic mass is 10.1. The van der Waals surface area contributed by atoms with E-state index >= 15 is 0 Å². The normalized spacial score (nSPS) is 11.1. The number of methoxy groups -OCH3 is 1. The Bertz CT molecular complexity index is 514. The highest BCUT2D eigenvalue weighted by atomic mass is 16.5. The van der Waals surface area contributed by atoms with Crippen LogP contribution in [0.3, 0.4) is 0 Å². The summed E-state index contributed by atoms with van der Waals surface area (Å²) in [6.07, 6.45) is 5.49. The van der Waals surface area contributed by atoms with Crippen molar-refractivity contribution in [3.05, 3.63) is 24.3 Å². The van der Waals surface area contributed by atoms with Gasteiger partial charge in [0.15, 0.2) is 6.04 Å². The number of ether oxygens (including phenoxy) is 2. The summed E-state index contributed by atoms with van der Waals surface area (Å²) in [5.41, 5.74) is 0.809. The minimum atomic E-state index is -0.644. The number of hydrogen-bond donors (Lipinski definition) is 1. The van der Waals surface area contributed by atoms with E-state index in [-0.39, 0.29) is 5.97 Å². The van der Waals surface area contributed by atoms with E-state index in [1.54, 1.807) is 14.0 Å². The third-order valence-electron chi connectivity index (χ3n) is 3.33. The summed E-state index contributed by atoms with van der Waals surface area (Å²) in [5, 5.41) is 3.11. The Morgan fingerprint density at radius 3 is 2.52 bits per heavy atom. The van der Waals surface area contributed by atoms with E-state index in [1.807, 2.05) is 24.3 Å². The highest BCUT2D eigenvalue weighted by molar-refractivity contribution is 5.83. The number of hydrogen-bond acceptors (Lipinski definition) is 4. The number of anilines is 1. The molecule has 1 N–H and O–H groups in total. The van der Waals surface area contributed by atoms with Crippen molar-refractivity contribution in [2.24, 2.45) is 0 Å². The molecule has 4 nitrogen and oxygen atoms in total. The summed E-state index contributed by atoms with van der Waals surface area (Å²) in [4.78, 5) is 12.0. The first-order valence-electron chi connectivity index (χ1n) is 8.26. The molecule has 1 aromatic rings. The molecule has 0 bridgehead atoms. The SMILES string of the molecule is CCCCCCC#CC(Nc1ccc(OC)cc1)C(=O)OCC. The van der Waals surface area contributed by atoms with E-state index in [0.29, 0.717) is 6.61 Å². The average Bonchev–Trinajstić information content (AvgIpc) is 2.57. The molecule has 0 heterocycles. The van der Waals surface area contributed by atoms with Gasteiger partial charge in [-0.25, -0.2) is 4.79 Å². The number of esters is 1. The molecule has 0 radical (unpaired) electrons. The lowest BCUT2D eigenvalue weighted by Gasteiger charge is -2.13. The largest absolute Gasteiger partial charge is 0.497 e. The standard InChI is InChI=1S/C19H27NO3/c1-4-6-7-8-9-10-11-18(19(21)23-5-2)20-16-12-14-17(22-3)15-13-16/h12-15,18,20H,4-9H2,1-3H3. The number of rotatable bonds is 9. The van der Waals surface area contributed by atoms with Gasteiger partial charge < -0.3 is 14.8 Å². The summed E-state index contributed by atoms with van der Waals surface area (Å²) < 4.78 is 10.2. The van der Waals surface area contributed by atoms with Gasteiger partial charge in [0.1, 0.15) is 5.75 Å². The van der Waals surface area contributed by atoms with E-state index in [0.717, 1.165) is 24.3 Å². The van der Waals surface area contributed by atoms with Gasteiger partial charge in [0.2, 0.25) is 0 Å². The fourth-order valence-corrected chi connectivity index (χ4v) is 2.05. The molecule has 0 aliphatic rings. The van der Waals surface area contributed by atoms with E-state index in [4.69, 9.17) is 9.47 Å². The highest BCUT2D eigenvalue weighted by Gasteiger charge is 2.16. The zero-order chi connectivity index (χ0) is 16.9. The van der Waals surface area contributed by atoms with E-state index in [9.17, 15) is 4.79 Å². The molecule has 23 heavy (non-hydrogen) atoms. The van der Waals surface area contributed by atoms with E-state index in [1.165, 1.54) is 19.3 Å². The van der Waals surface area contributed by atoms with Gasteiger partial charge in [-0.15, -0.1) is 5.92 Å². The smallest absolute Gasteiger partial charge is 0.341 e. The maximum Gasteiger partial charge on any atom is 0.341 e. The van der Waals surface area contributed by atoms with Crippen LogP contribution >= 0.6 is 0 Å². The first kappa shape index (κ1) is 18.9. The summed E-state index contributed by atoms with van der Waals surface area (Å²) in [7, 11) is 1.62. The molecule has 1 aromatic carbocycles. The Kier molecular flexibility index (Phi) is 9.38. The van der Waals surface area contributed by atoms with Crippen LogP contribution in [0.15, 0.2) is 24.3 Å². The number of carbonyl (C=O) groups excluding carboxylic acids is 1. The second-order valence-corrected chi connectivity index (χ2v) is 5.19. The molecular formula is C19H27NO3. The molecule has 0 fully saturated rings. The van der Waals surface area contributed by atoms with Gasteiger partial charge in [-0.3, -0.25) is 0 Å². The van der Waals surface area contributed by atoms with Crippen molar-refractivity contribution < 1.29 is 14.3 Å². The first-order chi connectivity index (χ1) is 11.2. The molecule has 4 heteroatoms. The van der Waals surface area contributed by atoms with Crippen molar-refractivity contribution in [3.63, 3.8) is 0 Å². The fourth-order valence-electron chi connectivity index (χ4n) is 2.05. The minimum Gasteiger partial charge on any atom is -0.497 e. The summed E-state index contributed by atoms with van der Waals surface area (Å²) in [5.74, 6) is 6.51. The van der Waals surface area contributed by atoms with Gasteiger partial charge in [0, 0.05) is 12.1 Å². The van der Waals surface area contributed by atoms with Crippen LogP contribution in [0.25, 0.3) is 0 Å². The third-order valence-corrected chi connectivity index (χ3v) is 3.33. The minimum absolute atomic E-state index is 0.343. The molecule has 1 unspecified atom stereocenters. The maximum absolute atomic E-state index is 12.0. The summed E-state index contributed by atoms with van der Waals surface area (Å²) in [6.45, 7) is 4.32. The van der Waals surface area contributed by atoms with Crippen molar-refractivity contribution in [1.82, 2.24) is 0 Å². The number of benzene rings is 1. The number of carbonyl (C=O) groups is 1. The van der Waals surface area contributed by atoms with Gasteiger partial charge in [-0.1, -0.05) is 32.1 Å². The molecule has 1 atom stereocenters. The predicted octanol–water partition coefficient (Wildman–Crippen LogP) is 4.01. The molecule has 0 saturated carbocycles. The quantitative estimate of drug-likeness (QED) is 0.425. The summed E-state index contributed by atoms with van der Waals surface area (Å²) in [6, 6.07) is 6.74. The Labute approximate surface area is 139 Å². The molecule has 1 rings (SSSR count).